The van der Waals surface area contributed by atoms with Crippen LogP contribution < -0.4 is 0 Å². The zero-order valence-corrected chi connectivity index (χ0v) is 12.2. The summed E-state index contributed by atoms with van der Waals surface area (Å²) in [6.07, 6.45) is 2.12. The van der Waals surface area contributed by atoms with E-state index in [9.17, 15) is 4.79 Å². The first-order valence-electron chi connectivity index (χ1n) is 5.47. The molecule has 17 heavy (non-hydrogen) atoms. The molecule has 0 aliphatic carbocycles. The van der Waals surface area contributed by atoms with Crippen LogP contribution in [0.25, 0.3) is 0 Å². The molecule has 92 valence electrons. The molecule has 2 nitrogen and oxygen atoms in total. The van der Waals surface area contributed by atoms with E-state index >= 15 is 0 Å². The summed E-state index contributed by atoms with van der Waals surface area (Å²) in [4.78, 5) is 14.5. The van der Waals surface area contributed by atoms with Gasteiger partial charge in [-0.15, -0.1) is 0 Å². The topological polar surface area (TPSA) is 20.3 Å². The lowest BCUT2D eigenvalue weighted by Crippen LogP contribution is -2.40. The van der Waals surface area contributed by atoms with Gasteiger partial charge in [0.1, 0.15) is 0 Å². The van der Waals surface area contributed by atoms with Gasteiger partial charge in [0.05, 0.1) is 15.6 Å². The summed E-state index contributed by atoms with van der Waals surface area (Å²) in [6, 6.07) is 5.15. The van der Waals surface area contributed by atoms with E-state index in [0.717, 1.165) is 25.9 Å². The summed E-state index contributed by atoms with van der Waals surface area (Å²) in [7, 11) is 0. The van der Waals surface area contributed by atoms with E-state index < -0.39 is 0 Å². The number of piperidine rings is 1. The Morgan fingerprint density at radius 3 is 2.88 bits per heavy atom. The van der Waals surface area contributed by atoms with Crippen LogP contribution in [0.3, 0.4) is 0 Å². The molecule has 1 saturated heterocycles. The van der Waals surface area contributed by atoms with Crippen LogP contribution in [0.5, 0.6) is 0 Å². The fraction of sp³-hybridized carbons (Fsp3) is 0.417. The number of nitrogens with zero attached hydrogens (tertiary/aromatic N) is 1. The predicted molar refractivity (Wildman–Crippen MR) is 74.3 cm³/mol. The van der Waals surface area contributed by atoms with Crippen molar-refractivity contribution in [1.82, 2.24) is 4.90 Å². The number of rotatable bonds is 1. The molecule has 0 bridgehead atoms. The summed E-state index contributed by atoms with van der Waals surface area (Å²) in [6.45, 7) is 1.51. The minimum Gasteiger partial charge on any atom is -0.337 e. The van der Waals surface area contributed by atoms with E-state index in [1.165, 1.54) is 0 Å². The second-order valence-electron chi connectivity index (χ2n) is 4.09. The van der Waals surface area contributed by atoms with Crippen LogP contribution in [-0.4, -0.2) is 28.7 Å². The van der Waals surface area contributed by atoms with Gasteiger partial charge >= 0.3 is 0 Å². The van der Waals surface area contributed by atoms with Crippen LogP contribution in [0.2, 0.25) is 10.0 Å². The molecular weight excluding hydrogens is 325 g/mol. The maximum atomic E-state index is 12.3. The van der Waals surface area contributed by atoms with Crippen molar-refractivity contribution in [3.63, 3.8) is 0 Å². The van der Waals surface area contributed by atoms with Gasteiger partial charge in [-0.3, -0.25) is 4.79 Å². The molecule has 1 fully saturated rings. The molecule has 0 saturated carbocycles. The van der Waals surface area contributed by atoms with Crippen molar-refractivity contribution in [2.75, 3.05) is 13.1 Å². The average Bonchev–Trinajstić information content (AvgIpc) is 2.32. The van der Waals surface area contributed by atoms with Crippen molar-refractivity contribution >= 4 is 45.0 Å². The molecule has 2 rings (SSSR count). The molecule has 1 amide bonds. The number of halogens is 3. The normalized spacial score (nSPS) is 20.4. The summed E-state index contributed by atoms with van der Waals surface area (Å²) in [5, 5.41) is 0.765. The van der Waals surface area contributed by atoms with Gasteiger partial charge in [0, 0.05) is 17.9 Å². The highest BCUT2D eigenvalue weighted by molar-refractivity contribution is 9.09. The molecule has 1 aliphatic heterocycles. The Kier molecular flexibility index (Phi) is 4.34. The Bertz CT molecular complexity index is 439. The van der Waals surface area contributed by atoms with E-state index in [1.54, 1.807) is 18.2 Å². The third kappa shape index (κ3) is 2.95. The Hall–Kier alpha value is -0.250. The molecule has 0 N–H and O–H groups in total. The van der Waals surface area contributed by atoms with Gasteiger partial charge in [-0.1, -0.05) is 45.2 Å². The third-order valence-corrected chi connectivity index (χ3v) is 4.40. The van der Waals surface area contributed by atoms with Crippen molar-refractivity contribution in [3.05, 3.63) is 33.8 Å². The highest BCUT2D eigenvalue weighted by Gasteiger charge is 2.24. The Morgan fingerprint density at radius 1 is 1.41 bits per heavy atom. The van der Waals surface area contributed by atoms with Gasteiger partial charge in [0.15, 0.2) is 0 Å². The number of hydrogen-bond donors (Lipinski definition) is 0. The second-order valence-corrected chi connectivity index (χ2v) is 6.17. The lowest BCUT2D eigenvalue weighted by Gasteiger charge is -2.30. The Labute approximate surface area is 119 Å². The number of likely N-dealkylation sites (tertiary alicyclic amines) is 1. The fourth-order valence-electron chi connectivity index (χ4n) is 1.95. The summed E-state index contributed by atoms with van der Waals surface area (Å²) in [5.41, 5.74) is 0.487. The zero-order chi connectivity index (χ0) is 12.4. The van der Waals surface area contributed by atoms with Crippen molar-refractivity contribution in [2.45, 2.75) is 17.7 Å². The molecule has 1 aliphatic rings. The first-order valence-corrected chi connectivity index (χ1v) is 7.14. The van der Waals surface area contributed by atoms with E-state index in [2.05, 4.69) is 15.9 Å². The van der Waals surface area contributed by atoms with Gasteiger partial charge < -0.3 is 4.90 Å². The molecule has 1 atom stereocenters. The summed E-state index contributed by atoms with van der Waals surface area (Å²) >= 11 is 15.5. The van der Waals surface area contributed by atoms with Gasteiger partial charge in [0.25, 0.3) is 5.91 Å². The molecule has 0 aromatic heterocycles. The standard InChI is InChI=1S/C12H12BrCl2NO/c13-8-3-2-6-16(7-8)12(17)9-4-1-5-10(14)11(9)15/h1,4-5,8H,2-3,6-7H2. The highest BCUT2D eigenvalue weighted by Crippen LogP contribution is 2.27. The first kappa shape index (κ1) is 13.2. The molecule has 5 heteroatoms. The highest BCUT2D eigenvalue weighted by atomic mass is 79.9. The van der Waals surface area contributed by atoms with E-state index in [0.29, 0.717) is 20.4 Å². The van der Waals surface area contributed by atoms with E-state index in [4.69, 9.17) is 23.2 Å². The minimum absolute atomic E-state index is 0.0401. The van der Waals surface area contributed by atoms with E-state index in [-0.39, 0.29) is 5.91 Å². The number of benzene rings is 1. The number of carbonyl (C=O) groups excluding carboxylic acids is 1. The van der Waals surface area contributed by atoms with Crippen LogP contribution in [0, 0.1) is 0 Å². The first-order chi connectivity index (χ1) is 8.09. The van der Waals surface area contributed by atoms with Crippen LogP contribution >= 0.6 is 39.1 Å². The lowest BCUT2D eigenvalue weighted by atomic mass is 10.1. The van der Waals surface area contributed by atoms with Crippen molar-refractivity contribution < 1.29 is 4.79 Å². The lowest BCUT2D eigenvalue weighted by molar-refractivity contribution is 0.0730. The average molecular weight is 337 g/mol. The molecular formula is C12H12BrCl2NO. The third-order valence-electron chi connectivity index (χ3n) is 2.83. The van der Waals surface area contributed by atoms with Crippen molar-refractivity contribution in [3.8, 4) is 0 Å². The fourth-order valence-corrected chi connectivity index (χ4v) is 3.00. The van der Waals surface area contributed by atoms with Gasteiger partial charge in [0.2, 0.25) is 0 Å². The Balaban J connectivity index is 2.22. The molecule has 1 unspecified atom stereocenters. The summed E-state index contributed by atoms with van der Waals surface area (Å²) < 4.78 is 0. The monoisotopic (exact) mass is 335 g/mol. The maximum absolute atomic E-state index is 12.3. The Morgan fingerprint density at radius 2 is 2.18 bits per heavy atom. The molecule has 1 heterocycles. The second kappa shape index (κ2) is 5.59. The van der Waals surface area contributed by atoms with Gasteiger partial charge in [-0.05, 0) is 25.0 Å². The number of amides is 1. The zero-order valence-electron chi connectivity index (χ0n) is 9.13. The number of carbonyl (C=O) groups is 1. The van der Waals surface area contributed by atoms with Gasteiger partial charge in [-0.2, -0.15) is 0 Å². The van der Waals surface area contributed by atoms with Crippen LogP contribution in [-0.2, 0) is 0 Å². The van der Waals surface area contributed by atoms with Crippen LogP contribution in [0.1, 0.15) is 23.2 Å². The predicted octanol–water partition coefficient (Wildman–Crippen LogP) is 3.99. The van der Waals surface area contributed by atoms with E-state index in [1.807, 2.05) is 4.90 Å². The van der Waals surface area contributed by atoms with Crippen molar-refractivity contribution in [2.24, 2.45) is 0 Å². The van der Waals surface area contributed by atoms with Gasteiger partial charge in [-0.25, -0.2) is 0 Å². The minimum atomic E-state index is -0.0401. The SMILES string of the molecule is O=C(c1cccc(Cl)c1Cl)N1CCCC(Br)C1. The largest absolute Gasteiger partial charge is 0.337 e. The quantitative estimate of drug-likeness (QED) is 0.710. The maximum Gasteiger partial charge on any atom is 0.255 e. The molecule has 1 aromatic rings. The summed E-state index contributed by atoms with van der Waals surface area (Å²) in [5.74, 6) is -0.0401. The number of alkyl halides is 1. The number of hydrogen-bond acceptors (Lipinski definition) is 1. The molecule has 0 spiro atoms. The molecule has 1 aromatic carbocycles. The van der Waals surface area contributed by atoms with Crippen LogP contribution in [0.15, 0.2) is 18.2 Å². The molecule has 0 radical (unpaired) electrons. The van der Waals surface area contributed by atoms with Crippen molar-refractivity contribution in [1.29, 1.82) is 0 Å². The van der Waals surface area contributed by atoms with Crippen LogP contribution in [0.4, 0.5) is 0 Å². The smallest absolute Gasteiger partial charge is 0.255 e.